The monoisotopic (exact) mass is 271 g/mol. The van der Waals surface area contributed by atoms with Crippen LogP contribution < -0.4 is 5.32 Å². The van der Waals surface area contributed by atoms with Crippen LogP contribution in [0.4, 0.5) is 0 Å². The first-order chi connectivity index (χ1) is 9.24. The fourth-order valence-corrected chi connectivity index (χ4v) is 2.57. The van der Waals surface area contributed by atoms with Crippen LogP contribution in [0.15, 0.2) is 0 Å². The number of hydrogen-bond acceptors (Lipinski definition) is 3. The van der Waals surface area contributed by atoms with Crippen LogP contribution in [0.2, 0.25) is 0 Å². The van der Waals surface area contributed by atoms with Crippen LogP contribution in [0, 0.1) is 11.8 Å². The molecule has 0 aromatic carbocycles. The van der Waals surface area contributed by atoms with Crippen LogP contribution in [0.25, 0.3) is 0 Å². The molecule has 3 atom stereocenters. The van der Waals surface area contributed by atoms with E-state index in [0.29, 0.717) is 6.10 Å². The van der Waals surface area contributed by atoms with Gasteiger partial charge in [-0.2, -0.15) is 0 Å². The lowest BCUT2D eigenvalue weighted by Crippen LogP contribution is -2.30. The van der Waals surface area contributed by atoms with Gasteiger partial charge >= 0.3 is 0 Å². The van der Waals surface area contributed by atoms with Crippen LogP contribution in [0.1, 0.15) is 52.9 Å². The van der Waals surface area contributed by atoms with Crippen molar-refractivity contribution in [1.82, 2.24) is 5.32 Å². The lowest BCUT2D eigenvalue weighted by Gasteiger charge is -2.32. The summed E-state index contributed by atoms with van der Waals surface area (Å²) in [4.78, 5) is 0. The standard InChI is InChI=1S/C16H33NO2/c1-4-5-10-18-11-8-17-9-12-19-16-7-6-14(2)15(3)13-16/h14-17H,4-13H2,1-3H3. The molecule has 0 saturated heterocycles. The van der Waals surface area contributed by atoms with Crippen LogP contribution in [-0.4, -0.2) is 39.0 Å². The Kier molecular flexibility index (Phi) is 9.48. The van der Waals surface area contributed by atoms with Crippen LogP contribution in [0.5, 0.6) is 0 Å². The van der Waals surface area contributed by atoms with Crippen molar-refractivity contribution >= 4 is 0 Å². The summed E-state index contributed by atoms with van der Waals surface area (Å²) in [6, 6.07) is 0. The molecule has 1 rings (SSSR count). The van der Waals surface area contributed by atoms with Gasteiger partial charge in [-0.3, -0.25) is 0 Å². The van der Waals surface area contributed by atoms with Gasteiger partial charge in [0.15, 0.2) is 0 Å². The molecule has 3 nitrogen and oxygen atoms in total. The summed E-state index contributed by atoms with van der Waals surface area (Å²) in [5, 5.41) is 3.37. The molecule has 0 aliphatic heterocycles. The van der Waals surface area contributed by atoms with E-state index in [2.05, 4.69) is 26.1 Å². The highest BCUT2D eigenvalue weighted by molar-refractivity contribution is 4.75. The Balaban J connectivity index is 1.86. The predicted molar refractivity (Wildman–Crippen MR) is 80.5 cm³/mol. The molecular weight excluding hydrogens is 238 g/mol. The third-order valence-corrected chi connectivity index (χ3v) is 4.25. The van der Waals surface area contributed by atoms with Gasteiger partial charge < -0.3 is 14.8 Å². The van der Waals surface area contributed by atoms with Gasteiger partial charge in [0.25, 0.3) is 0 Å². The van der Waals surface area contributed by atoms with E-state index in [4.69, 9.17) is 9.47 Å². The van der Waals surface area contributed by atoms with Gasteiger partial charge in [-0.15, -0.1) is 0 Å². The first-order valence-corrected chi connectivity index (χ1v) is 8.14. The molecule has 1 aliphatic rings. The van der Waals surface area contributed by atoms with E-state index < -0.39 is 0 Å². The molecule has 3 unspecified atom stereocenters. The molecule has 1 fully saturated rings. The molecular formula is C16H33NO2. The van der Waals surface area contributed by atoms with E-state index in [1.54, 1.807) is 0 Å². The lowest BCUT2D eigenvalue weighted by molar-refractivity contribution is 0.00385. The molecule has 1 aliphatic carbocycles. The molecule has 0 amide bonds. The minimum Gasteiger partial charge on any atom is -0.380 e. The molecule has 1 N–H and O–H groups in total. The maximum atomic E-state index is 5.94. The number of hydrogen-bond donors (Lipinski definition) is 1. The highest BCUT2D eigenvalue weighted by atomic mass is 16.5. The largest absolute Gasteiger partial charge is 0.380 e. The van der Waals surface area contributed by atoms with Gasteiger partial charge in [0.2, 0.25) is 0 Å². The molecule has 0 aromatic heterocycles. The third kappa shape index (κ3) is 7.91. The fourth-order valence-electron chi connectivity index (χ4n) is 2.57. The Morgan fingerprint density at radius 3 is 2.53 bits per heavy atom. The zero-order valence-corrected chi connectivity index (χ0v) is 13.1. The van der Waals surface area contributed by atoms with E-state index in [1.807, 2.05) is 0 Å². The topological polar surface area (TPSA) is 30.5 Å². The Bertz CT molecular complexity index is 211. The first kappa shape index (κ1) is 16.9. The third-order valence-electron chi connectivity index (χ3n) is 4.25. The molecule has 0 heterocycles. The van der Waals surface area contributed by atoms with Crippen LogP contribution >= 0.6 is 0 Å². The molecule has 114 valence electrons. The maximum Gasteiger partial charge on any atom is 0.0594 e. The summed E-state index contributed by atoms with van der Waals surface area (Å²) in [7, 11) is 0. The molecule has 0 spiro atoms. The summed E-state index contributed by atoms with van der Waals surface area (Å²) in [6.45, 7) is 11.3. The van der Waals surface area contributed by atoms with Gasteiger partial charge in [-0.05, 0) is 37.5 Å². The second-order valence-electron chi connectivity index (χ2n) is 5.98. The SMILES string of the molecule is CCCCOCCNCCOC1CCC(C)C(C)C1. The number of nitrogens with one attached hydrogen (secondary N) is 1. The molecule has 1 saturated carbocycles. The predicted octanol–water partition coefficient (Wildman–Crippen LogP) is 3.23. The molecule has 19 heavy (non-hydrogen) atoms. The molecule has 0 bridgehead atoms. The Labute approximate surface area is 119 Å². The van der Waals surface area contributed by atoms with Crippen molar-refractivity contribution in [3.63, 3.8) is 0 Å². The van der Waals surface area contributed by atoms with Crippen molar-refractivity contribution in [1.29, 1.82) is 0 Å². The summed E-state index contributed by atoms with van der Waals surface area (Å²) in [5.74, 6) is 1.69. The smallest absolute Gasteiger partial charge is 0.0594 e. The Morgan fingerprint density at radius 2 is 1.79 bits per heavy atom. The van der Waals surface area contributed by atoms with Gasteiger partial charge in [-0.1, -0.05) is 27.2 Å². The van der Waals surface area contributed by atoms with E-state index in [9.17, 15) is 0 Å². The van der Waals surface area contributed by atoms with Gasteiger partial charge in [0.1, 0.15) is 0 Å². The minimum absolute atomic E-state index is 0.494. The second kappa shape index (κ2) is 10.6. The molecule has 0 radical (unpaired) electrons. The highest BCUT2D eigenvalue weighted by Crippen LogP contribution is 2.30. The fraction of sp³-hybridized carbons (Fsp3) is 1.00. The first-order valence-electron chi connectivity index (χ1n) is 8.14. The molecule has 0 aromatic rings. The number of rotatable bonds is 10. The summed E-state index contributed by atoms with van der Waals surface area (Å²) in [6.07, 6.45) is 6.67. The zero-order valence-electron chi connectivity index (χ0n) is 13.1. The highest BCUT2D eigenvalue weighted by Gasteiger charge is 2.24. The zero-order chi connectivity index (χ0) is 13.9. The van der Waals surface area contributed by atoms with Crippen molar-refractivity contribution < 1.29 is 9.47 Å². The second-order valence-corrected chi connectivity index (χ2v) is 5.98. The van der Waals surface area contributed by atoms with E-state index >= 15 is 0 Å². The van der Waals surface area contributed by atoms with E-state index in [-0.39, 0.29) is 0 Å². The minimum atomic E-state index is 0.494. The normalized spacial score (nSPS) is 27.6. The summed E-state index contributed by atoms with van der Waals surface area (Å²) < 4.78 is 11.4. The van der Waals surface area contributed by atoms with Crippen molar-refractivity contribution in [2.24, 2.45) is 11.8 Å². The van der Waals surface area contributed by atoms with Crippen molar-refractivity contribution in [2.45, 2.75) is 59.0 Å². The van der Waals surface area contributed by atoms with Crippen molar-refractivity contribution in [2.75, 3.05) is 32.9 Å². The van der Waals surface area contributed by atoms with E-state index in [1.165, 1.54) is 32.1 Å². The van der Waals surface area contributed by atoms with Crippen LogP contribution in [-0.2, 0) is 9.47 Å². The average molecular weight is 271 g/mol. The van der Waals surface area contributed by atoms with Crippen molar-refractivity contribution in [3.05, 3.63) is 0 Å². The number of ether oxygens (including phenoxy) is 2. The Hall–Kier alpha value is -0.120. The summed E-state index contributed by atoms with van der Waals surface area (Å²) in [5.41, 5.74) is 0. The molecule has 3 heteroatoms. The maximum absolute atomic E-state index is 5.94. The Morgan fingerprint density at radius 1 is 1.00 bits per heavy atom. The average Bonchev–Trinajstić information content (AvgIpc) is 2.41. The van der Waals surface area contributed by atoms with Gasteiger partial charge in [-0.25, -0.2) is 0 Å². The lowest BCUT2D eigenvalue weighted by atomic mass is 9.80. The van der Waals surface area contributed by atoms with Gasteiger partial charge in [0.05, 0.1) is 19.3 Å². The van der Waals surface area contributed by atoms with Crippen molar-refractivity contribution in [3.8, 4) is 0 Å². The van der Waals surface area contributed by atoms with Crippen LogP contribution in [0.3, 0.4) is 0 Å². The number of unbranched alkanes of at least 4 members (excludes halogenated alkanes) is 1. The van der Waals surface area contributed by atoms with E-state index in [0.717, 1.165) is 44.7 Å². The van der Waals surface area contributed by atoms with Gasteiger partial charge in [0, 0.05) is 19.7 Å². The summed E-state index contributed by atoms with van der Waals surface area (Å²) >= 11 is 0. The quantitative estimate of drug-likeness (QED) is 0.619.